The molecule has 0 N–H and O–H groups in total. The van der Waals surface area contributed by atoms with Gasteiger partial charge in [-0.3, -0.25) is 0 Å². The molecule has 3 nitrogen and oxygen atoms in total. The molecule has 4 aromatic carbocycles. The minimum Gasteiger partial charge on any atom is -0.394 e. The van der Waals surface area contributed by atoms with Crippen LogP contribution in [0, 0.1) is 0 Å². The van der Waals surface area contributed by atoms with E-state index in [0.717, 1.165) is 21.5 Å². The van der Waals surface area contributed by atoms with Gasteiger partial charge in [0.1, 0.15) is 11.5 Å². The van der Waals surface area contributed by atoms with Crippen LogP contribution in [0.1, 0.15) is 0 Å². The van der Waals surface area contributed by atoms with Crippen molar-refractivity contribution in [1.82, 2.24) is 0 Å². The Hall–Kier alpha value is -3.33. The summed E-state index contributed by atoms with van der Waals surface area (Å²) in [6, 6.07) is 26.6. The molecule has 0 aliphatic carbocycles. The van der Waals surface area contributed by atoms with Gasteiger partial charge in [-0.2, -0.15) is 0 Å². The number of ether oxygens (including phenoxy) is 2. The average Bonchev–Trinajstić information content (AvgIpc) is 2.62. The van der Waals surface area contributed by atoms with E-state index in [0.29, 0.717) is 11.5 Å². The van der Waals surface area contributed by atoms with E-state index in [-0.39, 0.29) is 0 Å². The van der Waals surface area contributed by atoms with Crippen LogP contribution in [0.15, 0.2) is 84.9 Å². The standard InChI is InChI=1S/C21H14O3/c22-21(23-19-13-5-9-15-7-1-3-11-17(15)19)24-20-14-6-10-16-8-2-4-12-18(16)20/h1-14H. The van der Waals surface area contributed by atoms with Crippen LogP contribution in [0.25, 0.3) is 21.5 Å². The van der Waals surface area contributed by atoms with Crippen molar-refractivity contribution in [2.75, 3.05) is 0 Å². The molecule has 0 saturated carbocycles. The fourth-order valence-corrected chi connectivity index (χ4v) is 2.77. The zero-order valence-electron chi connectivity index (χ0n) is 12.8. The maximum Gasteiger partial charge on any atom is 0.519 e. The molecule has 0 radical (unpaired) electrons. The Morgan fingerprint density at radius 1 is 0.542 bits per heavy atom. The second-order valence-corrected chi connectivity index (χ2v) is 5.41. The molecule has 4 aromatic rings. The molecule has 0 heterocycles. The van der Waals surface area contributed by atoms with Gasteiger partial charge in [0.15, 0.2) is 0 Å². The maximum atomic E-state index is 12.2. The molecular weight excluding hydrogens is 300 g/mol. The van der Waals surface area contributed by atoms with E-state index in [4.69, 9.17) is 9.47 Å². The molecule has 116 valence electrons. The van der Waals surface area contributed by atoms with Gasteiger partial charge in [0.05, 0.1) is 0 Å². The summed E-state index contributed by atoms with van der Waals surface area (Å²) in [6.07, 6.45) is -0.747. The van der Waals surface area contributed by atoms with Crippen LogP contribution in [0.4, 0.5) is 4.79 Å². The van der Waals surface area contributed by atoms with Crippen molar-refractivity contribution in [3.05, 3.63) is 84.9 Å². The van der Waals surface area contributed by atoms with Crippen LogP contribution >= 0.6 is 0 Å². The van der Waals surface area contributed by atoms with Crippen molar-refractivity contribution in [1.29, 1.82) is 0 Å². The summed E-state index contributed by atoms with van der Waals surface area (Å²) in [4.78, 5) is 12.2. The Labute approximate surface area is 139 Å². The number of fused-ring (bicyclic) bond motifs is 2. The molecule has 0 aliphatic rings. The second kappa shape index (κ2) is 6.05. The molecule has 0 spiro atoms. The van der Waals surface area contributed by atoms with E-state index in [9.17, 15) is 4.79 Å². The number of rotatable bonds is 2. The molecular formula is C21H14O3. The van der Waals surface area contributed by atoms with Crippen molar-refractivity contribution in [2.24, 2.45) is 0 Å². The minimum absolute atomic E-state index is 0.485. The zero-order chi connectivity index (χ0) is 16.4. The molecule has 4 rings (SSSR count). The molecule has 0 aliphatic heterocycles. The highest BCUT2D eigenvalue weighted by atomic mass is 16.7. The van der Waals surface area contributed by atoms with Gasteiger partial charge in [-0.15, -0.1) is 0 Å². The fourth-order valence-electron chi connectivity index (χ4n) is 2.77. The van der Waals surface area contributed by atoms with Gasteiger partial charge in [0, 0.05) is 10.8 Å². The normalized spacial score (nSPS) is 10.7. The van der Waals surface area contributed by atoms with Crippen LogP contribution in [0.5, 0.6) is 11.5 Å². The average molecular weight is 314 g/mol. The molecule has 0 aromatic heterocycles. The number of benzene rings is 4. The number of hydrogen-bond acceptors (Lipinski definition) is 3. The van der Waals surface area contributed by atoms with E-state index in [1.54, 1.807) is 12.1 Å². The predicted molar refractivity (Wildman–Crippen MR) is 94.5 cm³/mol. The van der Waals surface area contributed by atoms with Gasteiger partial charge in [-0.1, -0.05) is 72.8 Å². The summed E-state index contributed by atoms with van der Waals surface area (Å²) in [5.74, 6) is 0.969. The third kappa shape index (κ3) is 2.68. The largest absolute Gasteiger partial charge is 0.519 e. The summed E-state index contributed by atoms with van der Waals surface area (Å²) in [5, 5.41) is 3.76. The van der Waals surface area contributed by atoms with Gasteiger partial charge in [-0.05, 0) is 22.9 Å². The fraction of sp³-hybridized carbons (Fsp3) is 0. The lowest BCUT2D eigenvalue weighted by atomic mass is 10.1. The summed E-state index contributed by atoms with van der Waals surface area (Å²) in [7, 11) is 0. The summed E-state index contributed by atoms with van der Waals surface area (Å²) >= 11 is 0. The van der Waals surface area contributed by atoms with Gasteiger partial charge in [-0.25, -0.2) is 4.79 Å². The van der Waals surface area contributed by atoms with Crippen molar-refractivity contribution in [3.63, 3.8) is 0 Å². The molecule has 0 amide bonds. The van der Waals surface area contributed by atoms with Crippen LogP contribution in [-0.2, 0) is 0 Å². The highest BCUT2D eigenvalue weighted by Crippen LogP contribution is 2.28. The summed E-state index contributed by atoms with van der Waals surface area (Å²) in [5.41, 5.74) is 0. The first kappa shape index (κ1) is 14.3. The van der Waals surface area contributed by atoms with Crippen LogP contribution < -0.4 is 9.47 Å². The Bertz CT molecular complexity index is 943. The highest BCUT2D eigenvalue weighted by molar-refractivity contribution is 5.91. The lowest BCUT2D eigenvalue weighted by Crippen LogP contribution is -2.14. The number of hydrogen-bond donors (Lipinski definition) is 0. The first-order chi connectivity index (χ1) is 11.8. The topological polar surface area (TPSA) is 35.5 Å². The van der Waals surface area contributed by atoms with Crippen molar-refractivity contribution >= 4 is 27.7 Å². The van der Waals surface area contributed by atoms with Gasteiger partial charge in [0.25, 0.3) is 0 Å². The SMILES string of the molecule is O=C(Oc1cccc2ccccc12)Oc1cccc2ccccc12. The van der Waals surface area contributed by atoms with Crippen LogP contribution in [0.3, 0.4) is 0 Å². The van der Waals surface area contributed by atoms with E-state index in [2.05, 4.69) is 0 Å². The third-order valence-electron chi connectivity index (χ3n) is 3.89. The van der Waals surface area contributed by atoms with Crippen LogP contribution in [0.2, 0.25) is 0 Å². The van der Waals surface area contributed by atoms with E-state index < -0.39 is 6.16 Å². The van der Waals surface area contributed by atoms with Crippen molar-refractivity contribution in [3.8, 4) is 11.5 Å². The van der Waals surface area contributed by atoms with E-state index in [1.807, 2.05) is 72.8 Å². The summed E-state index contributed by atoms with van der Waals surface area (Å²) < 4.78 is 10.8. The van der Waals surface area contributed by atoms with E-state index in [1.165, 1.54) is 0 Å². The molecule has 3 heteroatoms. The lowest BCUT2D eigenvalue weighted by molar-refractivity contribution is 0.153. The number of carbonyl (C=O) groups excluding carboxylic acids is 1. The molecule has 0 atom stereocenters. The molecule has 24 heavy (non-hydrogen) atoms. The van der Waals surface area contributed by atoms with Crippen molar-refractivity contribution in [2.45, 2.75) is 0 Å². The molecule has 0 saturated heterocycles. The van der Waals surface area contributed by atoms with Gasteiger partial charge >= 0.3 is 6.16 Å². The first-order valence-electron chi connectivity index (χ1n) is 7.66. The Morgan fingerprint density at radius 3 is 1.46 bits per heavy atom. The Balaban J connectivity index is 1.62. The molecule has 0 bridgehead atoms. The van der Waals surface area contributed by atoms with Crippen LogP contribution in [-0.4, -0.2) is 6.16 Å². The summed E-state index contributed by atoms with van der Waals surface area (Å²) in [6.45, 7) is 0. The van der Waals surface area contributed by atoms with E-state index >= 15 is 0 Å². The zero-order valence-corrected chi connectivity index (χ0v) is 12.8. The predicted octanol–water partition coefficient (Wildman–Crippen LogP) is 5.57. The quantitative estimate of drug-likeness (QED) is 0.358. The van der Waals surface area contributed by atoms with Gasteiger partial charge in [0.2, 0.25) is 0 Å². The molecule has 0 unspecified atom stereocenters. The third-order valence-corrected chi connectivity index (χ3v) is 3.89. The minimum atomic E-state index is -0.747. The monoisotopic (exact) mass is 314 g/mol. The van der Waals surface area contributed by atoms with Crippen molar-refractivity contribution < 1.29 is 14.3 Å². The molecule has 0 fully saturated rings. The Kier molecular flexibility index (Phi) is 3.60. The second-order valence-electron chi connectivity index (χ2n) is 5.41. The lowest BCUT2D eigenvalue weighted by Gasteiger charge is -2.09. The Morgan fingerprint density at radius 2 is 0.958 bits per heavy atom. The first-order valence-corrected chi connectivity index (χ1v) is 7.66. The highest BCUT2D eigenvalue weighted by Gasteiger charge is 2.12. The number of carbonyl (C=O) groups is 1. The smallest absolute Gasteiger partial charge is 0.394 e. The maximum absolute atomic E-state index is 12.2. The van der Waals surface area contributed by atoms with Gasteiger partial charge < -0.3 is 9.47 Å².